The summed E-state index contributed by atoms with van der Waals surface area (Å²) in [5.74, 6) is 1.52. The first-order valence-electron chi connectivity index (χ1n) is 12.7. The van der Waals surface area contributed by atoms with E-state index < -0.39 is 0 Å². The molecular weight excluding hydrogens is 510 g/mol. The molecule has 1 atom stereocenters. The first-order chi connectivity index (χ1) is 18.9. The first-order valence-corrected chi connectivity index (χ1v) is 13.1. The van der Waals surface area contributed by atoms with Crippen LogP contribution in [0.15, 0.2) is 91.1 Å². The zero-order chi connectivity index (χ0) is 27.1. The minimum absolute atomic E-state index is 0.244. The Bertz CT molecular complexity index is 1660. The van der Waals surface area contributed by atoms with Crippen LogP contribution in [0, 0.1) is 13.8 Å². The van der Waals surface area contributed by atoms with Crippen LogP contribution < -0.4 is 10.1 Å². The van der Waals surface area contributed by atoms with Gasteiger partial charge in [-0.2, -0.15) is 5.10 Å². The number of aryl methyl sites for hydroxylation is 2. The largest absolute Gasteiger partial charge is 0.495 e. The Morgan fingerprint density at radius 2 is 1.77 bits per heavy atom. The number of benzene rings is 3. The second-order valence-corrected chi connectivity index (χ2v) is 10.1. The molecule has 1 aliphatic rings. The van der Waals surface area contributed by atoms with E-state index in [-0.39, 0.29) is 12.1 Å². The van der Waals surface area contributed by atoms with Crippen molar-refractivity contribution in [2.75, 3.05) is 12.4 Å². The zero-order valence-electron chi connectivity index (χ0n) is 21.9. The molecule has 0 saturated heterocycles. The number of rotatable bonds is 4. The summed E-state index contributed by atoms with van der Waals surface area (Å²) < 4.78 is 9.64. The maximum Gasteiger partial charge on any atom is 0.323 e. The molecule has 6 rings (SSSR count). The van der Waals surface area contributed by atoms with Gasteiger partial charge < -0.3 is 19.5 Å². The fourth-order valence-corrected chi connectivity index (χ4v) is 5.38. The number of anilines is 1. The molecule has 0 spiro atoms. The van der Waals surface area contributed by atoms with Crippen LogP contribution in [0.2, 0.25) is 5.02 Å². The van der Waals surface area contributed by atoms with Crippen molar-refractivity contribution >= 4 is 23.3 Å². The van der Waals surface area contributed by atoms with Crippen molar-refractivity contribution in [2.45, 2.75) is 26.4 Å². The van der Waals surface area contributed by atoms with Crippen LogP contribution >= 0.6 is 11.6 Å². The maximum atomic E-state index is 14.2. The number of methoxy groups -OCH3 is 1. The highest BCUT2D eigenvalue weighted by Gasteiger charge is 2.36. The Balaban J connectivity index is 1.53. The van der Waals surface area contributed by atoms with Gasteiger partial charge in [0, 0.05) is 16.8 Å². The minimum Gasteiger partial charge on any atom is -0.495 e. The molecule has 0 radical (unpaired) electrons. The van der Waals surface area contributed by atoms with Gasteiger partial charge in [0.1, 0.15) is 11.6 Å². The van der Waals surface area contributed by atoms with Gasteiger partial charge in [-0.15, -0.1) is 0 Å². The number of carbonyl (C=O) groups excluding carboxylic acids is 1. The van der Waals surface area contributed by atoms with E-state index in [4.69, 9.17) is 21.4 Å². The molecule has 1 aliphatic heterocycles. The highest BCUT2D eigenvalue weighted by molar-refractivity contribution is 6.30. The molecule has 8 heteroatoms. The lowest BCUT2D eigenvalue weighted by molar-refractivity contribution is 0.194. The van der Waals surface area contributed by atoms with Crippen molar-refractivity contribution in [2.24, 2.45) is 0 Å². The number of ether oxygens (including phenoxy) is 1. The molecule has 39 heavy (non-hydrogen) atoms. The summed E-state index contributed by atoms with van der Waals surface area (Å²) in [7, 11) is 1.60. The predicted molar refractivity (Wildman–Crippen MR) is 153 cm³/mol. The number of hydrogen-bond acceptors (Lipinski definition) is 3. The number of aromatic nitrogens is 3. The molecule has 0 saturated carbocycles. The van der Waals surface area contributed by atoms with Gasteiger partial charge in [-0.1, -0.05) is 48.0 Å². The average molecular weight is 538 g/mol. The van der Waals surface area contributed by atoms with Gasteiger partial charge in [0.15, 0.2) is 0 Å². The molecule has 7 nitrogen and oxygen atoms in total. The molecule has 0 unspecified atom stereocenters. The topological polar surface area (TPSA) is 64.3 Å². The summed E-state index contributed by atoms with van der Waals surface area (Å²) in [6.45, 7) is 4.32. The van der Waals surface area contributed by atoms with Crippen molar-refractivity contribution < 1.29 is 9.53 Å². The van der Waals surface area contributed by atoms with Gasteiger partial charge in [0.2, 0.25) is 0 Å². The van der Waals surface area contributed by atoms with E-state index in [1.807, 2.05) is 108 Å². The monoisotopic (exact) mass is 537 g/mol. The smallest absolute Gasteiger partial charge is 0.323 e. The summed E-state index contributed by atoms with van der Waals surface area (Å²) in [6.07, 6.45) is 2.03. The molecule has 2 amide bonds. The number of halogens is 1. The standard InChI is InChI=1S/C31H28ClN5O2/c1-20-11-16-28(39-3)26(18-20)33-31(38)36-19-25-21(2)34-37(24-8-5-4-6-9-24)30(25)35-17-7-10-27(35)29(36)22-12-14-23(32)15-13-22/h4-18,29H,19H2,1-3H3,(H,33,38)/t29-/m1/s1. The molecule has 196 valence electrons. The van der Waals surface area contributed by atoms with Crippen molar-refractivity contribution in [1.82, 2.24) is 19.2 Å². The maximum absolute atomic E-state index is 14.2. The third kappa shape index (κ3) is 4.45. The van der Waals surface area contributed by atoms with Crippen molar-refractivity contribution in [3.05, 3.63) is 124 Å². The Hall–Kier alpha value is -4.49. The van der Waals surface area contributed by atoms with Gasteiger partial charge in [0.25, 0.3) is 0 Å². The number of amides is 2. The number of nitrogens with zero attached hydrogens (tertiary/aromatic N) is 4. The van der Waals surface area contributed by atoms with E-state index in [2.05, 4.69) is 16.0 Å². The summed E-state index contributed by atoms with van der Waals surface area (Å²) in [6, 6.07) is 26.9. The van der Waals surface area contributed by atoms with Crippen molar-refractivity contribution in [3.63, 3.8) is 0 Å². The van der Waals surface area contributed by atoms with Crippen LogP contribution in [0.5, 0.6) is 5.75 Å². The fourth-order valence-electron chi connectivity index (χ4n) is 5.25. The summed E-state index contributed by atoms with van der Waals surface area (Å²) in [4.78, 5) is 16.0. The van der Waals surface area contributed by atoms with Crippen LogP contribution in [0.4, 0.5) is 10.5 Å². The third-order valence-corrected chi connectivity index (χ3v) is 7.38. The molecule has 1 N–H and O–H groups in total. The van der Waals surface area contributed by atoms with E-state index in [0.717, 1.165) is 39.6 Å². The van der Waals surface area contributed by atoms with E-state index >= 15 is 0 Å². The lowest BCUT2D eigenvalue weighted by Crippen LogP contribution is -2.38. The average Bonchev–Trinajstić information content (AvgIpc) is 3.50. The van der Waals surface area contributed by atoms with Crippen LogP contribution in [0.3, 0.4) is 0 Å². The number of nitrogens with one attached hydrogen (secondary N) is 1. The molecular formula is C31H28ClN5O2. The molecule has 3 aromatic carbocycles. The molecule has 5 aromatic rings. The Morgan fingerprint density at radius 1 is 1.00 bits per heavy atom. The van der Waals surface area contributed by atoms with Gasteiger partial charge in [0.05, 0.1) is 42.5 Å². The van der Waals surface area contributed by atoms with E-state index in [1.165, 1.54) is 0 Å². The van der Waals surface area contributed by atoms with Crippen LogP contribution in [-0.4, -0.2) is 32.4 Å². The lowest BCUT2D eigenvalue weighted by Gasteiger charge is -2.31. The van der Waals surface area contributed by atoms with Gasteiger partial charge in [-0.05, 0) is 73.5 Å². The summed E-state index contributed by atoms with van der Waals surface area (Å²) >= 11 is 6.26. The zero-order valence-corrected chi connectivity index (χ0v) is 22.7. The number of fused-ring (bicyclic) bond motifs is 3. The lowest BCUT2D eigenvalue weighted by atomic mass is 10.0. The van der Waals surface area contributed by atoms with Crippen LogP contribution in [0.1, 0.15) is 34.1 Å². The first kappa shape index (κ1) is 24.8. The van der Waals surface area contributed by atoms with E-state index in [1.54, 1.807) is 7.11 Å². The van der Waals surface area contributed by atoms with E-state index in [9.17, 15) is 4.79 Å². The highest BCUT2D eigenvalue weighted by atomic mass is 35.5. The Labute approximate surface area is 232 Å². The van der Waals surface area contributed by atoms with Gasteiger partial charge in [-0.3, -0.25) is 0 Å². The van der Waals surface area contributed by atoms with Crippen LogP contribution in [-0.2, 0) is 6.54 Å². The second kappa shape index (κ2) is 10.0. The number of para-hydroxylation sites is 1. The van der Waals surface area contributed by atoms with Gasteiger partial charge >= 0.3 is 6.03 Å². The molecule has 2 aromatic heterocycles. The van der Waals surface area contributed by atoms with E-state index in [0.29, 0.717) is 23.0 Å². The van der Waals surface area contributed by atoms with Gasteiger partial charge in [-0.25, -0.2) is 9.48 Å². The minimum atomic E-state index is -0.385. The number of carbonyl (C=O) groups is 1. The quantitative estimate of drug-likeness (QED) is 0.266. The van der Waals surface area contributed by atoms with Crippen molar-refractivity contribution in [3.8, 4) is 17.3 Å². The second-order valence-electron chi connectivity index (χ2n) is 9.65. The summed E-state index contributed by atoms with van der Waals surface area (Å²) in [5.41, 5.74) is 6.32. The normalized spacial score (nSPS) is 14.4. The Morgan fingerprint density at radius 3 is 2.51 bits per heavy atom. The van der Waals surface area contributed by atoms with Crippen molar-refractivity contribution in [1.29, 1.82) is 0 Å². The molecule has 0 bridgehead atoms. The highest BCUT2D eigenvalue weighted by Crippen LogP contribution is 2.39. The molecule has 3 heterocycles. The van der Waals surface area contributed by atoms with Crippen LogP contribution in [0.25, 0.3) is 11.5 Å². The SMILES string of the molecule is COc1ccc(C)cc1NC(=O)N1Cc2c(C)nn(-c3ccccc3)c2-n2cccc2[C@H]1c1ccc(Cl)cc1. The summed E-state index contributed by atoms with van der Waals surface area (Å²) in [5, 5.41) is 8.67. The predicted octanol–water partition coefficient (Wildman–Crippen LogP) is 7.08. The fraction of sp³-hybridized carbons (Fsp3) is 0.161. The Kier molecular flexibility index (Phi) is 6.37. The number of urea groups is 1. The molecule has 0 fully saturated rings. The number of hydrogen-bond donors (Lipinski definition) is 1. The third-order valence-electron chi connectivity index (χ3n) is 7.13. The molecule has 0 aliphatic carbocycles.